The molecule has 174 valence electrons. The monoisotopic (exact) mass is 472 g/mol. The van der Waals surface area contributed by atoms with E-state index in [1.807, 2.05) is 83.4 Å². The first-order valence-electron chi connectivity index (χ1n) is 11.3. The maximum Gasteiger partial charge on any atom is 0.230 e. The van der Waals surface area contributed by atoms with Crippen LogP contribution < -0.4 is 5.32 Å². The summed E-state index contributed by atoms with van der Waals surface area (Å²) in [6.45, 7) is 1.78. The molecular formula is C27H28N4O2S. The van der Waals surface area contributed by atoms with Crippen LogP contribution in [0.15, 0.2) is 96.2 Å². The first-order valence-corrected chi connectivity index (χ1v) is 12.3. The third-order valence-corrected chi connectivity index (χ3v) is 6.08. The van der Waals surface area contributed by atoms with Crippen molar-refractivity contribution in [1.29, 1.82) is 0 Å². The van der Waals surface area contributed by atoms with Crippen molar-refractivity contribution < 1.29 is 9.53 Å². The van der Waals surface area contributed by atoms with Gasteiger partial charge in [0.15, 0.2) is 5.16 Å². The molecule has 1 heterocycles. The molecule has 1 aromatic heterocycles. The number of nitrogens with zero attached hydrogens (tertiary/aromatic N) is 3. The van der Waals surface area contributed by atoms with Crippen molar-refractivity contribution in [3.63, 3.8) is 0 Å². The predicted molar refractivity (Wildman–Crippen MR) is 135 cm³/mol. The zero-order valence-corrected chi connectivity index (χ0v) is 19.8. The largest absolute Gasteiger partial charge is 0.377 e. The number of amides is 1. The van der Waals surface area contributed by atoms with Gasteiger partial charge in [-0.15, -0.1) is 10.2 Å². The van der Waals surface area contributed by atoms with E-state index in [-0.39, 0.29) is 11.7 Å². The lowest BCUT2D eigenvalue weighted by Gasteiger charge is -2.10. The second kappa shape index (κ2) is 12.7. The number of thioether (sulfide) groups is 1. The molecule has 4 rings (SSSR count). The van der Waals surface area contributed by atoms with Crippen LogP contribution in [0.3, 0.4) is 0 Å². The summed E-state index contributed by atoms with van der Waals surface area (Å²) >= 11 is 1.39. The number of para-hydroxylation sites is 1. The van der Waals surface area contributed by atoms with Gasteiger partial charge in [-0.25, -0.2) is 0 Å². The number of nitrogens with one attached hydrogen (secondary N) is 1. The van der Waals surface area contributed by atoms with Crippen LogP contribution in [0.2, 0.25) is 0 Å². The van der Waals surface area contributed by atoms with Gasteiger partial charge in [-0.3, -0.25) is 9.36 Å². The molecule has 7 heteroatoms. The second-order valence-corrected chi connectivity index (χ2v) is 8.71. The molecule has 0 bridgehead atoms. The summed E-state index contributed by atoms with van der Waals surface area (Å²) in [5, 5.41) is 12.5. The Morgan fingerprint density at radius 1 is 0.853 bits per heavy atom. The fourth-order valence-corrected chi connectivity index (χ4v) is 4.27. The molecule has 0 fully saturated rings. The van der Waals surface area contributed by atoms with E-state index < -0.39 is 0 Å². The highest BCUT2D eigenvalue weighted by molar-refractivity contribution is 7.99. The minimum Gasteiger partial charge on any atom is -0.377 e. The quantitative estimate of drug-likeness (QED) is 0.240. The van der Waals surface area contributed by atoms with E-state index in [1.54, 1.807) is 0 Å². The fourth-order valence-electron chi connectivity index (χ4n) is 3.47. The van der Waals surface area contributed by atoms with Gasteiger partial charge >= 0.3 is 0 Å². The van der Waals surface area contributed by atoms with Crippen LogP contribution >= 0.6 is 11.8 Å². The van der Waals surface area contributed by atoms with Crippen molar-refractivity contribution in [3.05, 3.63) is 108 Å². The number of carbonyl (C=O) groups is 1. The van der Waals surface area contributed by atoms with E-state index in [1.165, 1.54) is 11.8 Å². The Morgan fingerprint density at radius 3 is 2.21 bits per heavy atom. The molecule has 0 aliphatic rings. The second-order valence-electron chi connectivity index (χ2n) is 7.76. The number of benzene rings is 3. The summed E-state index contributed by atoms with van der Waals surface area (Å²) in [6, 6.07) is 30.3. The van der Waals surface area contributed by atoms with Crippen LogP contribution in [-0.4, -0.2) is 39.6 Å². The molecule has 0 radical (unpaired) electrons. The van der Waals surface area contributed by atoms with E-state index in [4.69, 9.17) is 4.74 Å². The highest BCUT2D eigenvalue weighted by Gasteiger charge is 2.16. The Morgan fingerprint density at radius 2 is 1.50 bits per heavy atom. The molecular weight excluding hydrogens is 444 g/mol. The first kappa shape index (κ1) is 23.7. The third kappa shape index (κ3) is 7.04. The van der Waals surface area contributed by atoms with Gasteiger partial charge in [0.05, 0.1) is 12.4 Å². The molecule has 0 saturated carbocycles. The van der Waals surface area contributed by atoms with E-state index in [0.717, 1.165) is 29.1 Å². The highest BCUT2D eigenvalue weighted by atomic mass is 32.2. The van der Waals surface area contributed by atoms with Crippen LogP contribution in [0.4, 0.5) is 0 Å². The van der Waals surface area contributed by atoms with Crippen molar-refractivity contribution in [2.45, 2.75) is 24.6 Å². The summed E-state index contributed by atoms with van der Waals surface area (Å²) in [5.41, 5.74) is 3.30. The van der Waals surface area contributed by atoms with Crippen molar-refractivity contribution in [2.75, 3.05) is 18.9 Å². The maximum absolute atomic E-state index is 12.4. The third-order valence-electron chi connectivity index (χ3n) is 5.15. The van der Waals surface area contributed by atoms with Crippen molar-refractivity contribution >= 4 is 17.7 Å². The van der Waals surface area contributed by atoms with Gasteiger partial charge in [-0.1, -0.05) is 90.6 Å². The Balaban J connectivity index is 1.27. The Kier molecular flexibility index (Phi) is 8.88. The lowest BCUT2D eigenvalue weighted by atomic mass is 10.1. The normalized spacial score (nSPS) is 10.8. The molecule has 6 nitrogen and oxygen atoms in total. The smallest absolute Gasteiger partial charge is 0.230 e. The van der Waals surface area contributed by atoms with Gasteiger partial charge in [0.1, 0.15) is 5.82 Å². The van der Waals surface area contributed by atoms with E-state index >= 15 is 0 Å². The standard InChI is InChI=1S/C27H28N4O2S/c32-26(28-17-10-18-33-20-23-13-6-2-7-14-23)21-34-27-30-29-25(19-22-11-4-1-5-12-22)31(27)24-15-8-3-9-16-24/h1-9,11-16H,10,17-21H2,(H,28,32). The topological polar surface area (TPSA) is 69.0 Å². The molecule has 0 unspecified atom stereocenters. The number of aromatic nitrogens is 3. The van der Waals surface area contributed by atoms with Gasteiger partial charge < -0.3 is 10.1 Å². The highest BCUT2D eigenvalue weighted by Crippen LogP contribution is 2.23. The van der Waals surface area contributed by atoms with Crippen LogP contribution in [0.5, 0.6) is 0 Å². The Labute approximate surface area is 204 Å². The minimum atomic E-state index is -0.0275. The van der Waals surface area contributed by atoms with Gasteiger partial charge in [0.2, 0.25) is 5.91 Å². The molecule has 0 aliphatic heterocycles. The molecule has 0 atom stereocenters. The van der Waals surface area contributed by atoms with Gasteiger partial charge in [0, 0.05) is 25.3 Å². The molecule has 4 aromatic rings. The number of carbonyl (C=O) groups excluding carboxylic acids is 1. The molecule has 34 heavy (non-hydrogen) atoms. The number of hydrogen-bond acceptors (Lipinski definition) is 5. The molecule has 1 N–H and O–H groups in total. The van der Waals surface area contributed by atoms with Crippen molar-refractivity contribution in [3.8, 4) is 5.69 Å². The first-order chi connectivity index (χ1) is 16.8. The van der Waals surface area contributed by atoms with Crippen LogP contribution in [0.1, 0.15) is 23.4 Å². The van der Waals surface area contributed by atoms with Gasteiger partial charge in [-0.2, -0.15) is 0 Å². The maximum atomic E-state index is 12.4. The average molecular weight is 473 g/mol. The fraction of sp³-hybridized carbons (Fsp3) is 0.222. The number of hydrogen-bond donors (Lipinski definition) is 1. The molecule has 0 aliphatic carbocycles. The van der Waals surface area contributed by atoms with E-state index in [2.05, 4.69) is 27.6 Å². The Hall–Kier alpha value is -3.42. The summed E-state index contributed by atoms with van der Waals surface area (Å²) in [6.07, 6.45) is 1.43. The van der Waals surface area contributed by atoms with Crippen molar-refractivity contribution in [2.24, 2.45) is 0 Å². The molecule has 3 aromatic carbocycles. The van der Waals surface area contributed by atoms with E-state index in [9.17, 15) is 4.79 Å². The van der Waals surface area contributed by atoms with Crippen molar-refractivity contribution in [1.82, 2.24) is 20.1 Å². The minimum absolute atomic E-state index is 0.0275. The Bertz CT molecular complexity index is 1150. The number of rotatable bonds is 12. The van der Waals surface area contributed by atoms with E-state index in [0.29, 0.717) is 31.3 Å². The van der Waals surface area contributed by atoms with Gasteiger partial charge in [0.25, 0.3) is 0 Å². The summed E-state index contributed by atoms with van der Waals surface area (Å²) in [5.74, 6) is 1.09. The van der Waals surface area contributed by atoms with Crippen LogP contribution in [0, 0.1) is 0 Å². The predicted octanol–water partition coefficient (Wildman–Crippen LogP) is 4.67. The summed E-state index contributed by atoms with van der Waals surface area (Å²) < 4.78 is 7.70. The average Bonchev–Trinajstić information content (AvgIpc) is 3.29. The lowest BCUT2D eigenvalue weighted by Crippen LogP contribution is -2.27. The SMILES string of the molecule is O=C(CSc1nnc(Cc2ccccc2)n1-c1ccccc1)NCCCOCc1ccccc1. The van der Waals surface area contributed by atoms with Crippen LogP contribution in [-0.2, 0) is 22.6 Å². The lowest BCUT2D eigenvalue weighted by molar-refractivity contribution is -0.118. The van der Waals surface area contributed by atoms with Crippen LogP contribution in [0.25, 0.3) is 5.69 Å². The molecule has 0 saturated heterocycles. The molecule has 1 amide bonds. The molecule has 0 spiro atoms. The zero-order chi connectivity index (χ0) is 23.4. The summed E-state index contributed by atoms with van der Waals surface area (Å²) in [4.78, 5) is 12.4. The summed E-state index contributed by atoms with van der Waals surface area (Å²) in [7, 11) is 0. The zero-order valence-electron chi connectivity index (χ0n) is 19.0. The van der Waals surface area contributed by atoms with Gasteiger partial charge in [-0.05, 0) is 29.7 Å². The number of ether oxygens (including phenoxy) is 1.